The molecule has 0 amide bonds. The smallest absolute Gasteiger partial charge is 0.0406 e. The zero-order valence-corrected chi connectivity index (χ0v) is 13.0. The van der Waals surface area contributed by atoms with Crippen molar-refractivity contribution in [2.75, 3.05) is 6.54 Å². The van der Waals surface area contributed by atoms with Crippen LogP contribution >= 0.6 is 22.9 Å². The van der Waals surface area contributed by atoms with Gasteiger partial charge in [0.05, 0.1) is 0 Å². The van der Waals surface area contributed by atoms with Gasteiger partial charge in [-0.25, -0.2) is 0 Å². The molecule has 19 heavy (non-hydrogen) atoms. The number of hydrogen-bond acceptors (Lipinski definition) is 2. The first-order chi connectivity index (χ1) is 9.19. The number of hydrogen-bond donors (Lipinski definition) is 1. The molecule has 1 nitrogen and oxygen atoms in total. The van der Waals surface area contributed by atoms with E-state index >= 15 is 0 Å². The summed E-state index contributed by atoms with van der Waals surface area (Å²) in [7, 11) is 0. The van der Waals surface area contributed by atoms with E-state index in [0.717, 1.165) is 24.4 Å². The molecule has 2 aromatic rings. The van der Waals surface area contributed by atoms with Crippen LogP contribution in [0.4, 0.5) is 0 Å². The minimum Gasteiger partial charge on any atom is -0.310 e. The highest BCUT2D eigenvalue weighted by molar-refractivity contribution is 7.10. The number of benzene rings is 1. The first-order valence-corrected chi connectivity index (χ1v) is 7.97. The number of thiophene rings is 1. The molecule has 0 bridgehead atoms. The van der Waals surface area contributed by atoms with Gasteiger partial charge in [0.2, 0.25) is 0 Å². The molecular formula is C16H20ClNS. The second-order valence-corrected chi connectivity index (χ2v) is 6.38. The number of halogens is 1. The van der Waals surface area contributed by atoms with Gasteiger partial charge in [0.1, 0.15) is 0 Å². The van der Waals surface area contributed by atoms with Crippen molar-refractivity contribution >= 4 is 22.9 Å². The summed E-state index contributed by atoms with van der Waals surface area (Å²) in [6, 6.07) is 10.8. The Morgan fingerprint density at radius 3 is 2.58 bits per heavy atom. The van der Waals surface area contributed by atoms with Gasteiger partial charge in [-0.1, -0.05) is 30.7 Å². The predicted octanol–water partition coefficient (Wildman–Crippen LogP) is 4.99. The van der Waals surface area contributed by atoms with E-state index in [4.69, 9.17) is 11.6 Å². The van der Waals surface area contributed by atoms with E-state index in [9.17, 15) is 0 Å². The molecule has 3 heteroatoms. The van der Waals surface area contributed by atoms with Crippen molar-refractivity contribution in [1.82, 2.24) is 5.32 Å². The third-order valence-corrected chi connectivity index (χ3v) is 4.28. The average Bonchev–Trinajstić information content (AvgIpc) is 2.83. The van der Waals surface area contributed by atoms with Crippen molar-refractivity contribution in [1.29, 1.82) is 0 Å². The van der Waals surface area contributed by atoms with Gasteiger partial charge in [-0.15, -0.1) is 11.3 Å². The molecule has 1 atom stereocenters. The van der Waals surface area contributed by atoms with Crippen LogP contribution in [-0.4, -0.2) is 6.54 Å². The van der Waals surface area contributed by atoms with Gasteiger partial charge in [-0.2, -0.15) is 0 Å². The second kappa shape index (κ2) is 7.09. The summed E-state index contributed by atoms with van der Waals surface area (Å²) in [5.41, 5.74) is 2.72. The molecule has 0 spiro atoms. The summed E-state index contributed by atoms with van der Waals surface area (Å²) in [5.74, 6) is 0. The fourth-order valence-corrected chi connectivity index (χ4v) is 3.01. The van der Waals surface area contributed by atoms with E-state index in [-0.39, 0.29) is 0 Å². The molecule has 0 aliphatic heterocycles. The Kier molecular flexibility index (Phi) is 5.44. The Balaban J connectivity index is 2.11. The van der Waals surface area contributed by atoms with Crippen LogP contribution in [0.3, 0.4) is 0 Å². The van der Waals surface area contributed by atoms with Crippen LogP contribution in [0.15, 0.2) is 35.7 Å². The maximum Gasteiger partial charge on any atom is 0.0406 e. The molecule has 0 saturated heterocycles. The molecule has 2 rings (SSSR count). The summed E-state index contributed by atoms with van der Waals surface area (Å²) in [4.78, 5) is 1.37. The molecule has 0 radical (unpaired) electrons. The first kappa shape index (κ1) is 14.6. The third-order valence-electron chi connectivity index (χ3n) is 3.15. The molecule has 1 heterocycles. The second-order valence-electron chi connectivity index (χ2n) is 4.83. The van der Waals surface area contributed by atoms with Crippen LogP contribution in [-0.2, 0) is 6.42 Å². The molecule has 1 aromatic carbocycles. The minimum atomic E-state index is 0.395. The lowest BCUT2D eigenvalue weighted by Gasteiger charge is -2.17. The first-order valence-electron chi connectivity index (χ1n) is 6.72. The van der Waals surface area contributed by atoms with Crippen LogP contribution in [0, 0.1) is 6.92 Å². The highest BCUT2D eigenvalue weighted by Gasteiger charge is 2.12. The fraction of sp³-hybridized carbons (Fsp3) is 0.375. The van der Waals surface area contributed by atoms with E-state index in [2.05, 4.69) is 42.7 Å². The lowest BCUT2D eigenvalue weighted by atomic mass is 10.0. The summed E-state index contributed by atoms with van der Waals surface area (Å²) in [6.45, 7) is 5.41. The summed E-state index contributed by atoms with van der Waals surface area (Å²) in [5, 5.41) is 6.70. The van der Waals surface area contributed by atoms with E-state index in [1.165, 1.54) is 16.0 Å². The third kappa shape index (κ3) is 4.34. The lowest BCUT2D eigenvalue weighted by molar-refractivity contribution is 0.530. The van der Waals surface area contributed by atoms with E-state index < -0.39 is 0 Å². The highest BCUT2D eigenvalue weighted by atomic mass is 35.5. The molecule has 0 aliphatic rings. The van der Waals surface area contributed by atoms with Crippen LogP contribution in [0.5, 0.6) is 0 Å². The maximum absolute atomic E-state index is 5.94. The molecule has 1 aromatic heterocycles. The Morgan fingerprint density at radius 1 is 1.26 bits per heavy atom. The standard InChI is InChI=1S/C16H20ClNS/c1-3-8-18-16(14-9-12(2)19-11-14)10-13-4-6-15(17)7-5-13/h4-7,9,11,16,18H,3,8,10H2,1-2H3. The topological polar surface area (TPSA) is 12.0 Å². The zero-order valence-electron chi connectivity index (χ0n) is 11.4. The van der Waals surface area contributed by atoms with Gasteiger partial charge in [0.15, 0.2) is 0 Å². The van der Waals surface area contributed by atoms with Gasteiger partial charge in [0, 0.05) is 15.9 Å². The van der Waals surface area contributed by atoms with E-state index in [1.54, 1.807) is 0 Å². The van der Waals surface area contributed by atoms with Crippen LogP contribution in [0.2, 0.25) is 5.02 Å². The molecular weight excluding hydrogens is 274 g/mol. The van der Waals surface area contributed by atoms with E-state index in [0.29, 0.717) is 6.04 Å². The maximum atomic E-state index is 5.94. The van der Waals surface area contributed by atoms with Crippen molar-refractivity contribution in [2.45, 2.75) is 32.7 Å². The van der Waals surface area contributed by atoms with Gasteiger partial charge in [-0.3, -0.25) is 0 Å². The summed E-state index contributed by atoms with van der Waals surface area (Å²) >= 11 is 7.76. The van der Waals surface area contributed by atoms with E-state index in [1.807, 2.05) is 23.5 Å². The molecule has 0 saturated carbocycles. The largest absolute Gasteiger partial charge is 0.310 e. The van der Waals surface area contributed by atoms with Gasteiger partial charge in [-0.05, 0) is 61.0 Å². The predicted molar refractivity (Wildman–Crippen MR) is 85.2 cm³/mol. The SMILES string of the molecule is CCCNC(Cc1ccc(Cl)cc1)c1csc(C)c1. The molecule has 1 N–H and O–H groups in total. The Labute approximate surface area is 124 Å². The minimum absolute atomic E-state index is 0.395. The van der Waals surface area contributed by atoms with Crippen LogP contribution in [0.25, 0.3) is 0 Å². The van der Waals surface area contributed by atoms with Crippen molar-refractivity contribution < 1.29 is 0 Å². The zero-order chi connectivity index (χ0) is 13.7. The lowest BCUT2D eigenvalue weighted by Crippen LogP contribution is -2.23. The monoisotopic (exact) mass is 293 g/mol. The van der Waals surface area contributed by atoms with Gasteiger partial charge in [0.25, 0.3) is 0 Å². The Bertz CT molecular complexity index is 504. The normalized spacial score (nSPS) is 12.6. The van der Waals surface area contributed by atoms with Crippen molar-refractivity contribution in [3.05, 3.63) is 56.7 Å². The summed E-state index contributed by atoms with van der Waals surface area (Å²) in [6.07, 6.45) is 2.16. The Morgan fingerprint density at radius 2 is 2.00 bits per heavy atom. The van der Waals surface area contributed by atoms with Crippen LogP contribution in [0.1, 0.15) is 35.4 Å². The average molecular weight is 294 g/mol. The van der Waals surface area contributed by atoms with Gasteiger partial charge < -0.3 is 5.32 Å². The quantitative estimate of drug-likeness (QED) is 0.791. The van der Waals surface area contributed by atoms with Crippen LogP contribution < -0.4 is 5.32 Å². The molecule has 1 unspecified atom stereocenters. The van der Waals surface area contributed by atoms with Gasteiger partial charge >= 0.3 is 0 Å². The van der Waals surface area contributed by atoms with Crippen molar-refractivity contribution in [3.8, 4) is 0 Å². The molecule has 102 valence electrons. The number of nitrogens with one attached hydrogen (secondary N) is 1. The van der Waals surface area contributed by atoms with Crippen molar-refractivity contribution in [2.24, 2.45) is 0 Å². The summed E-state index contributed by atoms with van der Waals surface area (Å²) < 4.78 is 0. The Hall–Kier alpha value is -0.830. The number of rotatable bonds is 6. The highest BCUT2D eigenvalue weighted by Crippen LogP contribution is 2.24. The number of aryl methyl sites for hydroxylation is 1. The molecule has 0 aliphatic carbocycles. The molecule has 0 fully saturated rings. The van der Waals surface area contributed by atoms with Crippen molar-refractivity contribution in [3.63, 3.8) is 0 Å². The fourth-order valence-electron chi connectivity index (χ4n) is 2.13.